The summed E-state index contributed by atoms with van der Waals surface area (Å²) in [5, 5.41) is 10.6. The molecule has 2 fully saturated rings. The molecule has 0 aliphatic carbocycles. The number of rotatable bonds is 4. The monoisotopic (exact) mass is 329 g/mol. The highest BCUT2D eigenvalue weighted by Gasteiger charge is 2.28. The first kappa shape index (κ1) is 16.6. The Labute approximate surface area is 141 Å². The minimum absolute atomic E-state index is 0.0252. The second-order valence-corrected chi connectivity index (χ2v) is 6.51. The van der Waals surface area contributed by atoms with Crippen LogP contribution in [0.4, 0.5) is 5.69 Å². The summed E-state index contributed by atoms with van der Waals surface area (Å²) in [4.78, 5) is 27.1. The molecule has 0 aromatic heterocycles. The molecule has 2 aliphatic rings. The van der Waals surface area contributed by atoms with Crippen LogP contribution in [-0.2, 0) is 4.79 Å². The van der Waals surface area contributed by atoms with Gasteiger partial charge in [0.15, 0.2) is 0 Å². The topological polar surface area (TPSA) is 66.7 Å². The van der Waals surface area contributed by atoms with E-state index in [1.54, 1.807) is 24.3 Å². The minimum Gasteiger partial charge on any atom is -0.338 e. The van der Waals surface area contributed by atoms with Crippen LogP contribution in [0.2, 0.25) is 0 Å². The summed E-state index contributed by atoms with van der Waals surface area (Å²) in [6.07, 6.45) is 8.07. The molecular formula is C18H23N3O3. The fourth-order valence-electron chi connectivity index (χ4n) is 3.54. The number of piperidine rings is 1. The lowest BCUT2D eigenvalue weighted by Crippen LogP contribution is -2.48. The number of amides is 1. The number of carbonyl (C=O) groups excluding carboxylic acids is 1. The van der Waals surface area contributed by atoms with Crippen LogP contribution in [-0.4, -0.2) is 52.9 Å². The number of nitro groups is 1. The Morgan fingerprint density at radius 2 is 1.83 bits per heavy atom. The molecule has 1 atom stereocenters. The van der Waals surface area contributed by atoms with Gasteiger partial charge in [0.1, 0.15) is 0 Å². The van der Waals surface area contributed by atoms with Gasteiger partial charge in [-0.15, -0.1) is 0 Å². The molecule has 6 nitrogen and oxygen atoms in total. The lowest BCUT2D eigenvalue weighted by molar-refractivity contribution is -0.384. The zero-order chi connectivity index (χ0) is 16.9. The van der Waals surface area contributed by atoms with E-state index in [2.05, 4.69) is 4.90 Å². The van der Waals surface area contributed by atoms with Gasteiger partial charge in [0.05, 0.1) is 4.92 Å². The van der Waals surface area contributed by atoms with Crippen molar-refractivity contribution in [2.75, 3.05) is 26.2 Å². The molecule has 24 heavy (non-hydrogen) atoms. The number of nitro benzene ring substituents is 1. The van der Waals surface area contributed by atoms with Crippen LogP contribution in [0, 0.1) is 10.1 Å². The fraction of sp³-hybridized carbons (Fsp3) is 0.500. The van der Waals surface area contributed by atoms with Crippen LogP contribution < -0.4 is 0 Å². The summed E-state index contributed by atoms with van der Waals surface area (Å²) >= 11 is 0. The Kier molecular flexibility index (Phi) is 5.25. The quantitative estimate of drug-likeness (QED) is 0.484. The van der Waals surface area contributed by atoms with Crippen LogP contribution in [0.15, 0.2) is 30.3 Å². The van der Waals surface area contributed by atoms with Gasteiger partial charge >= 0.3 is 0 Å². The van der Waals surface area contributed by atoms with Crippen molar-refractivity contribution < 1.29 is 9.72 Å². The molecule has 2 heterocycles. The van der Waals surface area contributed by atoms with Crippen LogP contribution in [0.25, 0.3) is 6.08 Å². The normalized spacial score (nSPS) is 22.2. The van der Waals surface area contributed by atoms with E-state index in [-0.39, 0.29) is 11.6 Å². The molecule has 0 unspecified atom stereocenters. The van der Waals surface area contributed by atoms with E-state index < -0.39 is 4.92 Å². The molecule has 2 aliphatic heterocycles. The lowest BCUT2D eigenvalue weighted by atomic mass is 10.0. The summed E-state index contributed by atoms with van der Waals surface area (Å²) in [7, 11) is 0. The summed E-state index contributed by atoms with van der Waals surface area (Å²) < 4.78 is 0. The molecule has 1 aromatic rings. The minimum atomic E-state index is -0.426. The zero-order valence-electron chi connectivity index (χ0n) is 13.8. The highest BCUT2D eigenvalue weighted by atomic mass is 16.6. The van der Waals surface area contributed by atoms with Crippen LogP contribution >= 0.6 is 0 Å². The molecule has 1 amide bonds. The number of nitrogens with zero attached hydrogens (tertiary/aromatic N) is 3. The van der Waals surface area contributed by atoms with Crippen molar-refractivity contribution in [2.24, 2.45) is 0 Å². The third-order valence-electron chi connectivity index (χ3n) is 4.89. The highest BCUT2D eigenvalue weighted by Crippen LogP contribution is 2.21. The Morgan fingerprint density at radius 3 is 2.50 bits per heavy atom. The van der Waals surface area contributed by atoms with Crippen molar-refractivity contribution in [3.63, 3.8) is 0 Å². The molecule has 1 aromatic carbocycles. The SMILES string of the molecule is O=C(/C=C/c1ccc([N+](=O)[O-])cc1)N1CCC[C@@H](N2CCCC2)C1. The predicted octanol–water partition coefficient (Wildman–Crippen LogP) is 2.69. The molecule has 0 N–H and O–H groups in total. The number of likely N-dealkylation sites (tertiary alicyclic amines) is 2. The van der Waals surface area contributed by atoms with E-state index in [0.717, 1.165) is 38.2 Å². The average Bonchev–Trinajstić information content (AvgIpc) is 3.15. The maximum Gasteiger partial charge on any atom is 0.269 e. The van der Waals surface area contributed by atoms with E-state index in [4.69, 9.17) is 0 Å². The van der Waals surface area contributed by atoms with Crippen molar-refractivity contribution in [2.45, 2.75) is 31.7 Å². The van der Waals surface area contributed by atoms with E-state index >= 15 is 0 Å². The zero-order valence-corrected chi connectivity index (χ0v) is 13.8. The van der Waals surface area contributed by atoms with Crippen molar-refractivity contribution >= 4 is 17.7 Å². The highest BCUT2D eigenvalue weighted by molar-refractivity contribution is 5.91. The van der Waals surface area contributed by atoms with E-state index in [1.807, 2.05) is 4.90 Å². The van der Waals surface area contributed by atoms with Crippen LogP contribution in [0.3, 0.4) is 0 Å². The first-order valence-corrected chi connectivity index (χ1v) is 8.59. The third-order valence-corrected chi connectivity index (χ3v) is 4.89. The Hall–Kier alpha value is -2.21. The van der Waals surface area contributed by atoms with E-state index in [1.165, 1.54) is 31.4 Å². The Morgan fingerprint density at radius 1 is 1.12 bits per heavy atom. The van der Waals surface area contributed by atoms with Crippen LogP contribution in [0.1, 0.15) is 31.2 Å². The summed E-state index contributed by atoms with van der Waals surface area (Å²) in [6, 6.07) is 6.72. The smallest absolute Gasteiger partial charge is 0.269 e. The number of carbonyl (C=O) groups is 1. The van der Waals surface area contributed by atoms with E-state index in [9.17, 15) is 14.9 Å². The van der Waals surface area contributed by atoms with Gasteiger partial charge in [0.2, 0.25) is 5.91 Å². The van der Waals surface area contributed by atoms with Gasteiger partial charge in [0, 0.05) is 37.3 Å². The van der Waals surface area contributed by atoms with Gasteiger partial charge in [-0.3, -0.25) is 19.8 Å². The molecule has 0 saturated carbocycles. The van der Waals surface area contributed by atoms with Crippen molar-refractivity contribution in [3.8, 4) is 0 Å². The van der Waals surface area contributed by atoms with Gasteiger partial charge in [-0.05, 0) is 62.5 Å². The van der Waals surface area contributed by atoms with Gasteiger partial charge < -0.3 is 4.90 Å². The van der Waals surface area contributed by atoms with Gasteiger partial charge in [0.25, 0.3) is 5.69 Å². The number of hydrogen-bond acceptors (Lipinski definition) is 4. The maximum absolute atomic E-state index is 12.4. The van der Waals surface area contributed by atoms with E-state index in [0.29, 0.717) is 6.04 Å². The second kappa shape index (κ2) is 7.57. The molecular weight excluding hydrogens is 306 g/mol. The second-order valence-electron chi connectivity index (χ2n) is 6.51. The molecule has 128 valence electrons. The van der Waals surface area contributed by atoms with Crippen molar-refractivity contribution in [1.82, 2.24) is 9.80 Å². The molecule has 3 rings (SSSR count). The maximum atomic E-state index is 12.4. The average molecular weight is 329 g/mol. The van der Waals surface area contributed by atoms with Crippen molar-refractivity contribution in [1.29, 1.82) is 0 Å². The largest absolute Gasteiger partial charge is 0.338 e. The summed E-state index contributed by atoms with van der Waals surface area (Å²) in [5.74, 6) is 0.0252. The summed E-state index contributed by atoms with van der Waals surface area (Å²) in [5.41, 5.74) is 0.852. The molecule has 0 spiro atoms. The van der Waals surface area contributed by atoms with Gasteiger partial charge in [-0.2, -0.15) is 0 Å². The summed E-state index contributed by atoms with van der Waals surface area (Å²) in [6.45, 7) is 3.94. The van der Waals surface area contributed by atoms with Crippen molar-refractivity contribution in [3.05, 3.63) is 46.0 Å². The number of benzene rings is 1. The first-order valence-electron chi connectivity index (χ1n) is 8.59. The van der Waals surface area contributed by atoms with Gasteiger partial charge in [-0.25, -0.2) is 0 Å². The predicted molar refractivity (Wildman–Crippen MR) is 92.5 cm³/mol. The fourth-order valence-corrected chi connectivity index (χ4v) is 3.54. The molecule has 0 bridgehead atoms. The molecule has 2 saturated heterocycles. The Bertz CT molecular complexity index is 621. The number of non-ortho nitro benzene ring substituents is 1. The molecule has 0 radical (unpaired) electrons. The Balaban J connectivity index is 1.58. The first-order chi connectivity index (χ1) is 11.6. The lowest BCUT2D eigenvalue weighted by Gasteiger charge is -2.37. The van der Waals surface area contributed by atoms with Crippen LogP contribution in [0.5, 0.6) is 0 Å². The number of hydrogen-bond donors (Lipinski definition) is 0. The van der Waals surface area contributed by atoms with Gasteiger partial charge in [-0.1, -0.05) is 0 Å². The third kappa shape index (κ3) is 4.00. The standard InChI is InChI=1S/C18H23N3O3/c22-18(10-7-15-5-8-16(9-6-15)21(23)24)20-13-3-4-17(14-20)19-11-1-2-12-19/h5-10,17H,1-4,11-14H2/b10-7+/t17-/m1/s1. The molecule has 6 heteroatoms.